The van der Waals surface area contributed by atoms with Crippen molar-refractivity contribution in [1.82, 2.24) is 15.0 Å². The van der Waals surface area contributed by atoms with Crippen molar-refractivity contribution in [1.29, 1.82) is 0 Å². The number of rotatable bonds is 4. The predicted molar refractivity (Wildman–Crippen MR) is 89.3 cm³/mol. The number of nitrogens with one attached hydrogen (secondary N) is 1. The Balaban J connectivity index is 1.76. The average molecular weight is 364 g/mol. The van der Waals surface area contributed by atoms with Crippen LogP contribution >= 0.6 is 11.6 Å². The first-order valence-corrected chi connectivity index (χ1v) is 7.51. The normalized spacial score (nSPS) is 10.7. The second-order valence-electron chi connectivity index (χ2n) is 5.19. The minimum absolute atomic E-state index is 0.0510. The summed E-state index contributed by atoms with van der Waals surface area (Å²) in [4.78, 5) is 12.2. The van der Waals surface area contributed by atoms with Crippen LogP contribution in [0.2, 0.25) is 5.02 Å². The number of benzene rings is 2. The quantitative estimate of drug-likeness (QED) is 0.745. The molecule has 0 aliphatic rings. The molecule has 3 N–H and O–H groups in total. The fraction of sp³-hybridized carbons (Fsp3) is 0.0625. The van der Waals surface area contributed by atoms with Crippen LogP contribution in [0.25, 0.3) is 0 Å². The monoisotopic (exact) mass is 363 g/mol. The van der Waals surface area contributed by atoms with Crippen LogP contribution in [0.4, 0.5) is 20.3 Å². The standard InChI is InChI=1S/C16H12ClF2N5O/c17-10-3-1-9(2-4-10)8-24-15(20)14(22-23-24)16(25)21-11-5-6-12(18)13(19)7-11/h1-7H,8,20H2,(H,21,25). The van der Waals surface area contributed by atoms with Crippen molar-refractivity contribution < 1.29 is 13.6 Å². The van der Waals surface area contributed by atoms with E-state index >= 15 is 0 Å². The summed E-state index contributed by atoms with van der Waals surface area (Å²) in [5.74, 6) is -2.70. The van der Waals surface area contributed by atoms with Crippen LogP contribution in [0.3, 0.4) is 0 Å². The topological polar surface area (TPSA) is 85.8 Å². The molecule has 0 aliphatic heterocycles. The van der Waals surface area contributed by atoms with Crippen LogP contribution in [0, 0.1) is 11.6 Å². The number of nitrogens with two attached hydrogens (primary N) is 1. The highest BCUT2D eigenvalue weighted by molar-refractivity contribution is 6.30. The van der Waals surface area contributed by atoms with Crippen LogP contribution in [-0.4, -0.2) is 20.9 Å². The largest absolute Gasteiger partial charge is 0.382 e. The van der Waals surface area contributed by atoms with Gasteiger partial charge in [0.05, 0.1) is 6.54 Å². The van der Waals surface area contributed by atoms with Crippen molar-refractivity contribution in [3.63, 3.8) is 0 Å². The molecule has 0 saturated heterocycles. The summed E-state index contributed by atoms with van der Waals surface area (Å²) in [5.41, 5.74) is 6.74. The Morgan fingerprint density at radius 2 is 1.88 bits per heavy atom. The van der Waals surface area contributed by atoms with Crippen molar-refractivity contribution in [2.45, 2.75) is 6.54 Å². The molecule has 2 aromatic carbocycles. The third-order valence-electron chi connectivity index (χ3n) is 3.41. The molecule has 9 heteroatoms. The SMILES string of the molecule is Nc1c(C(=O)Nc2ccc(F)c(F)c2)nnn1Cc1ccc(Cl)cc1. The number of hydrogen-bond acceptors (Lipinski definition) is 4. The van der Waals surface area contributed by atoms with Gasteiger partial charge in [-0.15, -0.1) is 5.10 Å². The molecule has 0 aliphatic carbocycles. The summed E-state index contributed by atoms with van der Waals surface area (Å²) in [6.07, 6.45) is 0. The van der Waals surface area contributed by atoms with E-state index in [0.29, 0.717) is 11.6 Å². The highest BCUT2D eigenvalue weighted by Crippen LogP contribution is 2.17. The average Bonchev–Trinajstić information content (AvgIpc) is 2.94. The van der Waals surface area contributed by atoms with Gasteiger partial charge in [-0.2, -0.15) is 0 Å². The van der Waals surface area contributed by atoms with E-state index in [4.69, 9.17) is 17.3 Å². The predicted octanol–water partition coefficient (Wildman–Crippen LogP) is 3.09. The molecule has 1 amide bonds. The van der Waals surface area contributed by atoms with Gasteiger partial charge in [0.25, 0.3) is 5.91 Å². The number of hydrogen-bond donors (Lipinski definition) is 2. The van der Waals surface area contributed by atoms with Gasteiger partial charge in [0.15, 0.2) is 23.1 Å². The third kappa shape index (κ3) is 3.74. The molecule has 128 valence electrons. The number of carbonyl (C=O) groups excluding carboxylic acids is 1. The lowest BCUT2D eigenvalue weighted by atomic mass is 10.2. The molecule has 6 nitrogen and oxygen atoms in total. The Kier molecular flexibility index (Phi) is 4.62. The number of nitrogens with zero attached hydrogens (tertiary/aromatic N) is 3. The second-order valence-corrected chi connectivity index (χ2v) is 5.63. The van der Waals surface area contributed by atoms with Gasteiger partial charge >= 0.3 is 0 Å². The molecule has 1 aromatic heterocycles. The fourth-order valence-electron chi connectivity index (χ4n) is 2.13. The first-order valence-electron chi connectivity index (χ1n) is 7.14. The van der Waals surface area contributed by atoms with Crippen molar-refractivity contribution in [2.24, 2.45) is 0 Å². The van der Waals surface area contributed by atoms with E-state index in [2.05, 4.69) is 15.6 Å². The smallest absolute Gasteiger partial charge is 0.280 e. The molecule has 0 fully saturated rings. The lowest BCUT2D eigenvalue weighted by molar-refractivity contribution is 0.102. The number of aromatic nitrogens is 3. The molecule has 0 atom stereocenters. The van der Waals surface area contributed by atoms with Gasteiger partial charge in [-0.05, 0) is 29.8 Å². The van der Waals surface area contributed by atoms with E-state index in [9.17, 15) is 13.6 Å². The maximum absolute atomic E-state index is 13.2. The Morgan fingerprint density at radius 1 is 1.16 bits per heavy atom. The Morgan fingerprint density at radius 3 is 2.56 bits per heavy atom. The molecule has 1 heterocycles. The van der Waals surface area contributed by atoms with E-state index in [1.165, 1.54) is 10.7 Å². The first kappa shape index (κ1) is 16.8. The van der Waals surface area contributed by atoms with Crippen LogP contribution in [0.15, 0.2) is 42.5 Å². The number of halogens is 3. The molecule has 0 unspecified atom stereocenters. The van der Waals surface area contributed by atoms with Crippen LogP contribution < -0.4 is 11.1 Å². The van der Waals surface area contributed by atoms with Gasteiger partial charge in [0.2, 0.25) is 0 Å². The van der Waals surface area contributed by atoms with Gasteiger partial charge < -0.3 is 11.1 Å². The van der Waals surface area contributed by atoms with Gasteiger partial charge in [-0.1, -0.05) is 28.9 Å². The molecular weight excluding hydrogens is 352 g/mol. The highest BCUT2D eigenvalue weighted by Gasteiger charge is 2.18. The summed E-state index contributed by atoms with van der Waals surface area (Å²) in [7, 11) is 0. The van der Waals surface area contributed by atoms with Crippen molar-refractivity contribution >= 4 is 29.0 Å². The van der Waals surface area contributed by atoms with E-state index in [0.717, 1.165) is 17.7 Å². The lowest BCUT2D eigenvalue weighted by Gasteiger charge is -2.05. The molecule has 25 heavy (non-hydrogen) atoms. The summed E-state index contributed by atoms with van der Waals surface area (Å²) in [5, 5.41) is 10.6. The second kappa shape index (κ2) is 6.86. The molecule has 0 bridgehead atoms. The summed E-state index contributed by atoms with van der Waals surface area (Å²) in [6, 6.07) is 10.0. The van der Waals surface area contributed by atoms with Crippen molar-refractivity contribution in [2.75, 3.05) is 11.1 Å². The molecule has 3 rings (SSSR count). The highest BCUT2D eigenvalue weighted by atomic mass is 35.5. The van der Waals surface area contributed by atoms with Gasteiger partial charge in [-0.25, -0.2) is 13.5 Å². The number of nitrogen functional groups attached to an aromatic ring is 1. The van der Waals surface area contributed by atoms with E-state index in [1.54, 1.807) is 24.3 Å². The molecule has 0 spiro atoms. The maximum atomic E-state index is 13.2. The van der Waals surface area contributed by atoms with Gasteiger partial charge in [-0.3, -0.25) is 4.79 Å². The number of amides is 1. The van der Waals surface area contributed by atoms with E-state index in [-0.39, 0.29) is 17.2 Å². The van der Waals surface area contributed by atoms with Crippen LogP contribution in [0.1, 0.15) is 16.1 Å². The van der Waals surface area contributed by atoms with Gasteiger partial charge in [0.1, 0.15) is 0 Å². The van der Waals surface area contributed by atoms with Crippen molar-refractivity contribution in [3.05, 3.63) is 70.4 Å². The van der Waals surface area contributed by atoms with Gasteiger partial charge in [0, 0.05) is 16.8 Å². The molecule has 0 radical (unpaired) electrons. The minimum Gasteiger partial charge on any atom is -0.382 e. The third-order valence-corrected chi connectivity index (χ3v) is 3.66. The Bertz CT molecular complexity index is 927. The summed E-state index contributed by atoms with van der Waals surface area (Å²) in [6.45, 7) is 0.300. The Hall–Kier alpha value is -3.00. The molecule has 3 aromatic rings. The van der Waals surface area contributed by atoms with Crippen LogP contribution in [-0.2, 0) is 6.54 Å². The number of anilines is 2. The zero-order valence-corrected chi connectivity index (χ0v) is 13.5. The zero-order valence-electron chi connectivity index (χ0n) is 12.7. The van der Waals surface area contributed by atoms with E-state index < -0.39 is 17.5 Å². The van der Waals surface area contributed by atoms with Crippen LogP contribution in [0.5, 0.6) is 0 Å². The summed E-state index contributed by atoms with van der Waals surface area (Å²) < 4.78 is 27.5. The lowest BCUT2D eigenvalue weighted by Crippen LogP contribution is -2.15. The van der Waals surface area contributed by atoms with Crippen molar-refractivity contribution in [3.8, 4) is 0 Å². The fourth-order valence-corrected chi connectivity index (χ4v) is 2.25. The molecule has 0 saturated carbocycles. The Labute approximate surface area is 146 Å². The molecular formula is C16H12ClF2N5O. The van der Waals surface area contributed by atoms with E-state index in [1.807, 2.05) is 0 Å². The number of carbonyl (C=O) groups is 1. The maximum Gasteiger partial charge on any atom is 0.280 e. The first-order chi connectivity index (χ1) is 11.9. The minimum atomic E-state index is -1.07. The zero-order chi connectivity index (χ0) is 18.0. The summed E-state index contributed by atoms with van der Waals surface area (Å²) >= 11 is 5.83.